The van der Waals surface area contributed by atoms with Crippen molar-refractivity contribution in [3.05, 3.63) is 53.6 Å². The van der Waals surface area contributed by atoms with Crippen LogP contribution in [0.2, 0.25) is 5.02 Å². The predicted octanol–water partition coefficient (Wildman–Crippen LogP) is 4.30. The first kappa shape index (κ1) is 18.5. The van der Waals surface area contributed by atoms with Gasteiger partial charge in [0.05, 0.1) is 11.1 Å². The van der Waals surface area contributed by atoms with Gasteiger partial charge in [-0.15, -0.1) is 0 Å². The molecule has 1 fully saturated rings. The minimum atomic E-state index is -0.676. The normalized spacial score (nSPS) is 17.5. The molecule has 2 unspecified atom stereocenters. The third-order valence-electron chi connectivity index (χ3n) is 4.09. The van der Waals surface area contributed by atoms with Crippen LogP contribution in [0.3, 0.4) is 0 Å². The summed E-state index contributed by atoms with van der Waals surface area (Å²) >= 11 is 6.05. The molecule has 0 spiro atoms. The van der Waals surface area contributed by atoms with Crippen molar-refractivity contribution < 1.29 is 19.0 Å². The van der Waals surface area contributed by atoms with Gasteiger partial charge in [-0.05, 0) is 56.2 Å². The summed E-state index contributed by atoms with van der Waals surface area (Å²) in [6.45, 7) is 3.04. The number of benzene rings is 2. The molecular weight excluding hydrogens is 354 g/mol. The van der Waals surface area contributed by atoms with Gasteiger partial charge in [0.2, 0.25) is 0 Å². The Morgan fingerprint density at radius 1 is 1.27 bits per heavy atom. The van der Waals surface area contributed by atoms with E-state index in [1.165, 1.54) is 0 Å². The van der Waals surface area contributed by atoms with Crippen molar-refractivity contribution in [2.75, 3.05) is 18.5 Å². The molecular formula is C20H22ClNO4. The third-order valence-corrected chi connectivity index (χ3v) is 4.40. The molecule has 1 heterocycles. The molecule has 2 aromatic rings. The van der Waals surface area contributed by atoms with Crippen LogP contribution in [-0.2, 0) is 9.53 Å². The summed E-state index contributed by atoms with van der Waals surface area (Å²) in [6, 6.07) is 14.3. The Morgan fingerprint density at radius 3 is 2.73 bits per heavy atom. The highest BCUT2D eigenvalue weighted by atomic mass is 35.5. The Bertz CT molecular complexity index is 729. The largest absolute Gasteiger partial charge is 0.491 e. The predicted molar refractivity (Wildman–Crippen MR) is 101 cm³/mol. The number of ether oxygens (including phenoxy) is 3. The lowest BCUT2D eigenvalue weighted by Gasteiger charge is -2.16. The van der Waals surface area contributed by atoms with Gasteiger partial charge in [-0.2, -0.15) is 0 Å². The molecule has 2 aromatic carbocycles. The van der Waals surface area contributed by atoms with Gasteiger partial charge in [-0.3, -0.25) is 4.79 Å². The fraction of sp³-hybridized carbons (Fsp3) is 0.350. The Labute approximate surface area is 158 Å². The molecule has 0 saturated carbocycles. The zero-order chi connectivity index (χ0) is 18.4. The molecule has 3 rings (SSSR count). The standard InChI is InChI=1S/C20H22ClNO4/c1-14(26-19-7-3-2-6-18(19)21)20(23)22-15-8-10-16(11-9-15)25-13-17-5-4-12-24-17/h2-3,6-11,14,17H,4-5,12-13H2,1H3,(H,22,23). The quantitative estimate of drug-likeness (QED) is 0.783. The van der Waals surface area contributed by atoms with Gasteiger partial charge in [0.25, 0.3) is 5.91 Å². The molecule has 0 aromatic heterocycles. The van der Waals surface area contributed by atoms with Gasteiger partial charge in [-0.1, -0.05) is 23.7 Å². The van der Waals surface area contributed by atoms with Gasteiger partial charge in [0, 0.05) is 12.3 Å². The topological polar surface area (TPSA) is 56.8 Å². The van der Waals surface area contributed by atoms with Crippen molar-refractivity contribution in [3.8, 4) is 11.5 Å². The minimum Gasteiger partial charge on any atom is -0.491 e. The van der Waals surface area contributed by atoms with Crippen LogP contribution in [0.25, 0.3) is 0 Å². The van der Waals surface area contributed by atoms with E-state index >= 15 is 0 Å². The Kier molecular flexibility index (Phi) is 6.36. The van der Waals surface area contributed by atoms with Gasteiger partial charge in [0.15, 0.2) is 6.10 Å². The number of halogens is 1. The van der Waals surface area contributed by atoms with Crippen molar-refractivity contribution >= 4 is 23.2 Å². The molecule has 138 valence electrons. The monoisotopic (exact) mass is 375 g/mol. The Hall–Kier alpha value is -2.24. The van der Waals surface area contributed by atoms with E-state index < -0.39 is 6.10 Å². The van der Waals surface area contributed by atoms with E-state index in [0.717, 1.165) is 25.2 Å². The molecule has 1 N–H and O–H groups in total. The zero-order valence-corrected chi connectivity index (χ0v) is 15.4. The molecule has 5 nitrogen and oxygen atoms in total. The summed E-state index contributed by atoms with van der Waals surface area (Å²) in [6.07, 6.45) is 1.63. The van der Waals surface area contributed by atoms with Gasteiger partial charge in [0.1, 0.15) is 18.1 Å². The lowest BCUT2D eigenvalue weighted by Crippen LogP contribution is -2.30. The maximum absolute atomic E-state index is 12.3. The van der Waals surface area contributed by atoms with Crippen LogP contribution in [0.5, 0.6) is 11.5 Å². The van der Waals surface area contributed by atoms with Crippen LogP contribution < -0.4 is 14.8 Å². The van der Waals surface area contributed by atoms with Crippen LogP contribution in [0.4, 0.5) is 5.69 Å². The van der Waals surface area contributed by atoms with E-state index in [4.69, 9.17) is 25.8 Å². The maximum atomic E-state index is 12.3. The summed E-state index contributed by atoms with van der Waals surface area (Å²) in [5, 5.41) is 3.29. The second-order valence-electron chi connectivity index (χ2n) is 6.15. The number of hydrogen-bond donors (Lipinski definition) is 1. The summed E-state index contributed by atoms with van der Waals surface area (Å²) in [7, 11) is 0. The SMILES string of the molecule is CC(Oc1ccccc1Cl)C(=O)Nc1ccc(OCC2CCCO2)cc1. The van der Waals surface area contributed by atoms with Crippen LogP contribution >= 0.6 is 11.6 Å². The van der Waals surface area contributed by atoms with Crippen molar-refractivity contribution in [2.24, 2.45) is 0 Å². The molecule has 0 bridgehead atoms. The lowest BCUT2D eigenvalue weighted by atomic mass is 10.2. The number of carbonyl (C=O) groups is 1. The summed E-state index contributed by atoms with van der Waals surface area (Å²) < 4.78 is 16.9. The van der Waals surface area contributed by atoms with E-state index in [1.807, 2.05) is 18.2 Å². The molecule has 6 heteroatoms. The Balaban J connectivity index is 1.49. The third kappa shape index (κ3) is 5.13. The number of amides is 1. The van der Waals surface area contributed by atoms with Gasteiger partial charge in [-0.25, -0.2) is 0 Å². The van der Waals surface area contributed by atoms with E-state index in [0.29, 0.717) is 23.1 Å². The van der Waals surface area contributed by atoms with Crippen LogP contribution in [0, 0.1) is 0 Å². The molecule has 2 atom stereocenters. The number of anilines is 1. The Morgan fingerprint density at radius 2 is 2.04 bits per heavy atom. The molecule has 1 amide bonds. The molecule has 1 aliphatic heterocycles. The highest BCUT2D eigenvalue weighted by Crippen LogP contribution is 2.24. The first-order valence-corrected chi connectivity index (χ1v) is 9.06. The fourth-order valence-electron chi connectivity index (χ4n) is 2.63. The molecule has 1 aliphatic rings. The van der Waals surface area contributed by atoms with E-state index in [1.54, 1.807) is 37.3 Å². The number of rotatable bonds is 7. The number of hydrogen-bond acceptors (Lipinski definition) is 4. The van der Waals surface area contributed by atoms with Crippen molar-refractivity contribution in [3.63, 3.8) is 0 Å². The highest BCUT2D eigenvalue weighted by molar-refractivity contribution is 6.32. The average Bonchev–Trinajstić information content (AvgIpc) is 3.16. The van der Waals surface area contributed by atoms with E-state index in [-0.39, 0.29) is 12.0 Å². The second kappa shape index (κ2) is 8.92. The average molecular weight is 376 g/mol. The summed E-state index contributed by atoms with van der Waals surface area (Å²) in [4.78, 5) is 12.3. The van der Waals surface area contributed by atoms with Crippen LogP contribution in [0.1, 0.15) is 19.8 Å². The van der Waals surface area contributed by atoms with Crippen molar-refractivity contribution in [1.29, 1.82) is 0 Å². The van der Waals surface area contributed by atoms with Crippen LogP contribution in [0.15, 0.2) is 48.5 Å². The number of para-hydroxylation sites is 1. The number of carbonyl (C=O) groups excluding carboxylic acids is 1. The maximum Gasteiger partial charge on any atom is 0.265 e. The first-order chi connectivity index (χ1) is 12.6. The summed E-state index contributed by atoms with van der Waals surface area (Å²) in [5.74, 6) is 0.978. The lowest BCUT2D eigenvalue weighted by molar-refractivity contribution is -0.122. The second-order valence-corrected chi connectivity index (χ2v) is 6.56. The number of nitrogens with one attached hydrogen (secondary N) is 1. The smallest absolute Gasteiger partial charge is 0.265 e. The van der Waals surface area contributed by atoms with Crippen molar-refractivity contribution in [2.45, 2.75) is 32.0 Å². The van der Waals surface area contributed by atoms with Crippen LogP contribution in [-0.4, -0.2) is 31.3 Å². The van der Waals surface area contributed by atoms with E-state index in [9.17, 15) is 4.79 Å². The molecule has 0 radical (unpaired) electrons. The zero-order valence-electron chi connectivity index (χ0n) is 14.6. The van der Waals surface area contributed by atoms with Gasteiger partial charge < -0.3 is 19.5 Å². The summed E-state index contributed by atoms with van der Waals surface area (Å²) in [5.41, 5.74) is 0.675. The molecule has 0 aliphatic carbocycles. The van der Waals surface area contributed by atoms with E-state index in [2.05, 4.69) is 5.32 Å². The molecule has 1 saturated heterocycles. The highest BCUT2D eigenvalue weighted by Gasteiger charge is 2.17. The first-order valence-electron chi connectivity index (χ1n) is 8.68. The van der Waals surface area contributed by atoms with Gasteiger partial charge >= 0.3 is 0 Å². The van der Waals surface area contributed by atoms with Crippen molar-refractivity contribution in [1.82, 2.24) is 0 Å². The fourth-order valence-corrected chi connectivity index (χ4v) is 2.81. The molecule has 26 heavy (non-hydrogen) atoms. The minimum absolute atomic E-state index is 0.178.